The summed E-state index contributed by atoms with van der Waals surface area (Å²) in [5, 5.41) is 9.36. The number of ether oxygens (including phenoxy) is 2. The fourth-order valence-electron chi connectivity index (χ4n) is 1.29. The zero-order chi connectivity index (χ0) is 19.1. The summed E-state index contributed by atoms with van der Waals surface area (Å²) in [6.07, 6.45) is 4.21. The Hall–Kier alpha value is 0.413. The van der Waals surface area contributed by atoms with Gasteiger partial charge in [0.2, 0.25) is 0 Å². The summed E-state index contributed by atoms with van der Waals surface area (Å²) in [7, 11) is -6.32. The van der Waals surface area contributed by atoms with Crippen molar-refractivity contribution in [2.24, 2.45) is 5.41 Å². The van der Waals surface area contributed by atoms with Crippen molar-refractivity contribution in [3.8, 4) is 0 Å². The Morgan fingerprint density at radius 1 is 1.16 bits per heavy atom. The van der Waals surface area contributed by atoms with Crippen LogP contribution in [0.1, 0.15) is 13.3 Å². The third-order valence-corrected chi connectivity index (χ3v) is 4.38. The molecule has 0 aliphatic heterocycles. The van der Waals surface area contributed by atoms with Crippen molar-refractivity contribution in [2.45, 2.75) is 13.3 Å². The van der Waals surface area contributed by atoms with Gasteiger partial charge >= 0.3 is 16.1 Å². The van der Waals surface area contributed by atoms with Crippen molar-refractivity contribution in [1.29, 1.82) is 0 Å². The molecule has 0 radical (unpaired) electrons. The molecule has 0 amide bonds. The first-order chi connectivity index (χ1) is 11.2. The molecule has 0 saturated carbocycles. The van der Waals surface area contributed by atoms with Gasteiger partial charge < -0.3 is 24.4 Å². The van der Waals surface area contributed by atoms with Crippen LogP contribution >= 0.6 is 16.1 Å². The topological polar surface area (TPSA) is 132 Å². The Bertz CT molecular complexity index is 394. The molecule has 146 valence electrons. The normalized spacial score (nSPS) is 11.6. The molecular formula is C13H27O9P2Zr+. The van der Waals surface area contributed by atoms with E-state index in [1.165, 1.54) is 0 Å². The van der Waals surface area contributed by atoms with Gasteiger partial charge in [0.25, 0.3) is 0 Å². The maximum atomic E-state index is 10.0. The Labute approximate surface area is 168 Å². The number of hydrogen-bond donors (Lipinski definition) is 3. The average molecular weight is 481 g/mol. The van der Waals surface area contributed by atoms with E-state index in [0.29, 0.717) is 26.4 Å². The molecule has 0 saturated heterocycles. The molecule has 9 nitrogen and oxygen atoms in total. The van der Waals surface area contributed by atoms with Crippen molar-refractivity contribution in [1.82, 2.24) is 0 Å². The maximum absolute atomic E-state index is 10.0. The van der Waals surface area contributed by atoms with Gasteiger partial charge in [0.15, 0.2) is 0 Å². The smallest absolute Gasteiger partial charge is 0.396 e. The number of hydrogen-bond acceptors (Lipinski definition) is 7. The summed E-state index contributed by atoms with van der Waals surface area (Å²) in [4.78, 5) is 15.9. The van der Waals surface area contributed by atoms with Crippen LogP contribution < -0.4 is 0 Å². The molecule has 0 aromatic heterocycles. The number of aliphatic hydroxyl groups is 1. The molecule has 0 bridgehead atoms. The van der Waals surface area contributed by atoms with Crippen LogP contribution in [0.25, 0.3) is 0 Å². The molecule has 0 aromatic rings. The number of rotatable bonds is 13. The second-order valence-corrected chi connectivity index (χ2v) is 7.04. The van der Waals surface area contributed by atoms with E-state index in [-0.39, 0.29) is 38.2 Å². The van der Waals surface area contributed by atoms with E-state index in [4.69, 9.17) is 19.3 Å². The van der Waals surface area contributed by atoms with Gasteiger partial charge in [-0.05, 0) is 10.7 Å². The van der Waals surface area contributed by atoms with Crippen LogP contribution in [0.2, 0.25) is 0 Å². The van der Waals surface area contributed by atoms with E-state index in [9.17, 15) is 14.2 Å². The molecule has 1 unspecified atom stereocenters. The van der Waals surface area contributed by atoms with Crippen LogP contribution in [0.4, 0.5) is 0 Å². The summed E-state index contributed by atoms with van der Waals surface area (Å²) in [6.45, 7) is 11.2. The Morgan fingerprint density at radius 2 is 1.60 bits per heavy atom. The van der Waals surface area contributed by atoms with Gasteiger partial charge in [0.1, 0.15) is 0 Å². The molecule has 0 spiro atoms. The molecule has 0 rings (SSSR count). The Balaban J connectivity index is -0.000000418. The monoisotopic (exact) mass is 479 g/mol. The first kappa shape index (κ1) is 30.2. The van der Waals surface area contributed by atoms with E-state index in [1.807, 2.05) is 6.92 Å². The zero-order valence-electron chi connectivity index (χ0n) is 14.5. The molecular weight excluding hydrogens is 453 g/mol. The van der Waals surface area contributed by atoms with E-state index in [0.717, 1.165) is 13.5 Å². The third kappa shape index (κ3) is 19.0. The second-order valence-electron chi connectivity index (χ2n) is 4.60. The van der Waals surface area contributed by atoms with Crippen molar-refractivity contribution >= 4 is 16.1 Å². The number of aliphatic hydroxyl groups excluding tert-OH is 1. The van der Waals surface area contributed by atoms with Gasteiger partial charge in [0.05, 0.1) is 40.1 Å². The van der Waals surface area contributed by atoms with Gasteiger partial charge in [-0.3, -0.25) is 0 Å². The van der Waals surface area contributed by atoms with E-state index in [1.54, 1.807) is 12.2 Å². The van der Waals surface area contributed by atoms with Crippen LogP contribution in [-0.2, 0) is 53.6 Å². The van der Waals surface area contributed by atoms with E-state index >= 15 is 0 Å². The largest absolute Gasteiger partial charge is 0.708 e. The summed E-state index contributed by atoms with van der Waals surface area (Å²) in [5.41, 5.74) is -0.300. The Morgan fingerprint density at radius 3 is 1.80 bits per heavy atom. The van der Waals surface area contributed by atoms with Crippen molar-refractivity contribution in [3.63, 3.8) is 0 Å². The summed E-state index contributed by atoms with van der Waals surface area (Å²) in [5.74, 6) is 0. The van der Waals surface area contributed by atoms with Crippen LogP contribution in [0.5, 0.6) is 0 Å². The van der Waals surface area contributed by atoms with Gasteiger partial charge in [0, 0.05) is 36.2 Å². The van der Waals surface area contributed by atoms with E-state index in [2.05, 4.69) is 22.0 Å². The molecule has 0 heterocycles. The van der Waals surface area contributed by atoms with Gasteiger partial charge in [-0.25, -0.2) is 4.57 Å². The number of phosphoric acid groups is 1. The SMILES string of the molecule is C=CCOCC(CC)(CO)COCC=C.CO[P+](=O)OP(=O)(O)O.[Zr]. The van der Waals surface area contributed by atoms with Crippen LogP contribution in [0.15, 0.2) is 25.3 Å². The van der Waals surface area contributed by atoms with Gasteiger partial charge in [-0.15, -0.1) is 17.7 Å². The van der Waals surface area contributed by atoms with Crippen molar-refractivity contribution in [2.75, 3.05) is 40.1 Å². The predicted octanol–water partition coefficient (Wildman–Crippen LogP) is 2.18. The molecule has 0 aliphatic carbocycles. The molecule has 12 heteroatoms. The summed E-state index contributed by atoms with van der Waals surface area (Å²) >= 11 is 0. The fourth-order valence-corrected chi connectivity index (χ4v) is 2.25. The molecule has 1 atom stereocenters. The minimum atomic E-state index is -4.65. The second kappa shape index (κ2) is 17.8. The Kier molecular flexibility index (Phi) is 21.5. The van der Waals surface area contributed by atoms with Gasteiger partial charge in [-0.1, -0.05) is 19.1 Å². The third-order valence-electron chi connectivity index (χ3n) is 2.70. The average Bonchev–Trinajstić information content (AvgIpc) is 2.53. The maximum Gasteiger partial charge on any atom is 0.708 e. The van der Waals surface area contributed by atoms with E-state index < -0.39 is 16.1 Å². The molecule has 0 fully saturated rings. The minimum absolute atomic E-state index is 0. The fraction of sp³-hybridized carbons (Fsp3) is 0.692. The van der Waals surface area contributed by atoms with Crippen LogP contribution in [0, 0.1) is 5.41 Å². The van der Waals surface area contributed by atoms with Crippen molar-refractivity contribution in [3.05, 3.63) is 25.3 Å². The summed E-state index contributed by atoms with van der Waals surface area (Å²) < 4.78 is 38.1. The van der Waals surface area contributed by atoms with Crippen molar-refractivity contribution < 1.29 is 68.5 Å². The molecule has 3 N–H and O–H groups in total. The minimum Gasteiger partial charge on any atom is -0.396 e. The molecule has 0 aliphatic rings. The zero-order valence-corrected chi connectivity index (χ0v) is 18.7. The molecule has 25 heavy (non-hydrogen) atoms. The quantitative estimate of drug-likeness (QED) is 0.206. The summed E-state index contributed by atoms with van der Waals surface area (Å²) in [6, 6.07) is 0. The van der Waals surface area contributed by atoms with Gasteiger partial charge in [-0.2, -0.15) is 0 Å². The standard InChI is InChI=1S/C12H22O3.CH4O6P2.Zr/c1-4-7-14-10-12(6-3,9-13)11-15-8-5-2;1-6-8(2)7-9(3,4)5;/h4-5,13H,1-2,6-11H2,3H3;1H3,(H-,3,4,5);/p+1. The first-order valence-electron chi connectivity index (χ1n) is 6.95. The molecule has 0 aromatic carbocycles. The van der Waals surface area contributed by atoms with Crippen LogP contribution in [0.3, 0.4) is 0 Å². The first-order valence-corrected chi connectivity index (χ1v) is 9.57. The van der Waals surface area contributed by atoms with Crippen LogP contribution in [-0.4, -0.2) is 55.0 Å². The predicted molar refractivity (Wildman–Crippen MR) is 89.6 cm³/mol.